The summed E-state index contributed by atoms with van der Waals surface area (Å²) < 4.78 is 18.5. The van der Waals surface area contributed by atoms with E-state index in [1.807, 2.05) is 0 Å². The Morgan fingerprint density at radius 2 is 2.29 bits per heavy atom. The first-order chi connectivity index (χ1) is 8.19. The van der Waals surface area contributed by atoms with Crippen molar-refractivity contribution >= 4 is 5.78 Å². The molecule has 1 aliphatic heterocycles. The van der Waals surface area contributed by atoms with Crippen molar-refractivity contribution < 1.29 is 13.9 Å². The van der Waals surface area contributed by atoms with Gasteiger partial charge in [-0.25, -0.2) is 4.39 Å². The molecule has 0 amide bonds. The third-order valence-corrected chi connectivity index (χ3v) is 3.00. The smallest absolute Gasteiger partial charge is 0.165 e. The fraction of sp³-hybridized carbons (Fsp3) is 0.462. The van der Waals surface area contributed by atoms with Gasteiger partial charge in [0.05, 0.1) is 6.10 Å². The molecule has 2 unspecified atom stereocenters. The van der Waals surface area contributed by atoms with Gasteiger partial charge in [-0.2, -0.15) is 0 Å². The standard InChI is InChI=1S/C13H16FNO2/c14-10-3-1-2-9(6-10)7-12(16)13-5-4-11(8-15)17-13/h1-3,6,11,13H,4-5,7-8,15H2. The molecule has 1 aromatic rings. The number of carbonyl (C=O) groups excluding carboxylic acids is 1. The van der Waals surface area contributed by atoms with Gasteiger partial charge in [0.1, 0.15) is 11.9 Å². The van der Waals surface area contributed by atoms with E-state index >= 15 is 0 Å². The number of Topliss-reactive ketones (excluding diaryl/α,β-unsaturated/α-hetero) is 1. The number of hydrogen-bond donors (Lipinski definition) is 1. The van der Waals surface area contributed by atoms with Gasteiger partial charge >= 0.3 is 0 Å². The average molecular weight is 237 g/mol. The summed E-state index contributed by atoms with van der Waals surface area (Å²) in [6, 6.07) is 6.10. The zero-order valence-electron chi connectivity index (χ0n) is 9.56. The fourth-order valence-corrected chi connectivity index (χ4v) is 2.08. The normalized spacial score (nSPS) is 23.9. The van der Waals surface area contributed by atoms with Crippen LogP contribution in [0.3, 0.4) is 0 Å². The summed E-state index contributed by atoms with van der Waals surface area (Å²) in [5.74, 6) is -0.311. The Morgan fingerprint density at radius 3 is 2.94 bits per heavy atom. The highest BCUT2D eigenvalue weighted by atomic mass is 19.1. The molecule has 1 aromatic carbocycles. The quantitative estimate of drug-likeness (QED) is 0.862. The average Bonchev–Trinajstić information content (AvgIpc) is 2.77. The van der Waals surface area contributed by atoms with Crippen molar-refractivity contribution in [2.45, 2.75) is 31.5 Å². The highest BCUT2D eigenvalue weighted by Crippen LogP contribution is 2.21. The zero-order valence-corrected chi connectivity index (χ0v) is 9.56. The molecule has 2 atom stereocenters. The van der Waals surface area contributed by atoms with Crippen LogP contribution in [-0.4, -0.2) is 24.5 Å². The molecule has 0 aromatic heterocycles. The maximum Gasteiger partial charge on any atom is 0.165 e. The van der Waals surface area contributed by atoms with Crippen molar-refractivity contribution in [3.8, 4) is 0 Å². The number of benzene rings is 1. The van der Waals surface area contributed by atoms with Crippen LogP contribution in [0.5, 0.6) is 0 Å². The molecule has 0 radical (unpaired) electrons. The molecule has 0 aliphatic carbocycles. The summed E-state index contributed by atoms with van der Waals surface area (Å²) >= 11 is 0. The van der Waals surface area contributed by atoms with Crippen LogP contribution < -0.4 is 5.73 Å². The molecule has 4 heteroatoms. The fourth-order valence-electron chi connectivity index (χ4n) is 2.08. The van der Waals surface area contributed by atoms with Gasteiger partial charge in [-0.05, 0) is 30.5 Å². The summed E-state index contributed by atoms with van der Waals surface area (Å²) in [4.78, 5) is 11.9. The molecule has 17 heavy (non-hydrogen) atoms. The van der Waals surface area contributed by atoms with E-state index < -0.39 is 0 Å². The van der Waals surface area contributed by atoms with Crippen molar-refractivity contribution in [2.24, 2.45) is 5.73 Å². The van der Waals surface area contributed by atoms with E-state index in [0.29, 0.717) is 12.1 Å². The molecule has 2 N–H and O–H groups in total. The second-order valence-corrected chi connectivity index (χ2v) is 4.33. The number of nitrogens with two attached hydrogens (primary N) is 1. The largest absolute Gasteiger partial charge is 0.366 e. The molecule has 3 nitrogen and oxygen atoms in total. The van der Waals surface area contributed by atoms with Gasteiger partial charge in [0.2, 0.25) is 0 Å². The maximum absolute atomic E-state index is 13.0. The Labute approximate surface area is 99.8 Å². The molecule has 92 valence electrons. The maximum atomic E-state index is 13.0. The van der Waals surface area contributed by atoms with Crippen LogP contribution in [-0.2, 0) is 16.0 Å². The Bertz CT molecular complexity index is 408. The van der Waals surface area contributed by atoms with E-state index in [2.05, 4.69) is 0 Å². The second kappa shape index (κ2) is 5.38. The van der Waals surface area contributed by atoms with Crippen LogP contribution in [0.15, 0.2) is 24.3 Å². The summed E-state index contributed by atoms with van der Waals surface area (Å²) in [5.41, 5.74) is 6.17. The van der Waals surface area contributed by atoms with Gasteiger partial charge in [0, 0.05) is 13.0 Å². The molecule has 1 heterocycles. The van der Waals surface area contributed by atoms with E-state index in [1.165, 1.54) is 12.1 Å². The summed E-state index contributed by atoms with van der Waals surface area (Å²) in [5, 5.41) is 0. The Kier molecular flexibility index (Phi) is 3.86. The number of hydrogen-bond acceptors (Lipinski definition) is 3. The van der Waals surface area contributed by atoms with Crippen LogP contribution in [0, 0.1) is 5.82 Å². The minimum absolute atomic E-state index is 0.00328. The van der Waals surface area contributed by atoms with E-state index in [0.717, 1.165) is 12.8 Å². The number of ether oxygens (including phenoxy) is 1. The summed E-state index contributed by atoms with van der Waals surface area (Å²) in [7, 11) is 0. The van der Waals surface area contributed by atoms with Crippen molar-refractivity contribution in [1.29, 1.82) is 0 Å². The van der Waals surface area contributed by atoms with Crippen molar-refractivity contribution in [3.63, 3.8) is 0 Å². The molecule has 0 saturated carbocycles. The Balaban J connectivity index is 1.93. The van der Waals surface area contributed by atoms with E-state index in [1.54, 1.807) is 12.1 Å². The minimum Gasteiger partial charge on any atom is -0.366 e. The number of halogens is 1. The van der Waals surface area contributed by atoms with Crippen LogP contribution in [0.25, 0.3) is 0 Å². The zero-order chi connectivity index (χ0) is 12.3. The summed E-state index contributed by atoms with van der Waals surface area (Å²) in [6.07, 6.45) is 1.40. The lowest BCUT2D eigenvalue weighted by Crippen LogP contribution is -2.26. The van der Waals surface area contributed by atoms with Crippen LogP contribution >= 0.6 is 0 Å². The van der Waals surface area contributed by atoms with E-state index in [4.69, 9.17) is 10.5 Å². The van der Waals surface area contributed by atoms with Gasteiger partial charge in [-0.15, -0.1) is 0 Å². The monoisotopic (exact) mass is 237 g/mol. The van der Waals surface area contributed by atoms with Gasteiger partial charge in [0.15, 0.2) is 5.78 Å². The van der Waals surface area contributed by atoms with Crippen molar-refractivity contribution in [1.82, 2.24) is 0 Å². The topological polar surface area (TPSA) is 52.3 Å². The Morgan fingerprint density at radius 1 is 1.47 bits per heavy atom. The number of carbonyl (C=O) groups is 1. The molecule has 1 fully saturated rings. The molecular formula is C13H16FNO2. The number of ketones is 1. The lowest BCUT2D eigenvalue weighted by molar-refractivity contribution is -0.128. The molecular weight excluding hydrogens is 221 g/mol. The predicted molar refractivity (Wildman–Crippen MR) is 62.1 cm³/mol. The second-order valence-electron chi connectivity index (χ2n) is 4.33. The first-order valence-electron chi connectivity index (χ1n) is 5.81. The van der Waals surface area contributed by atoms with Gasteiger partial charge in [0.25, 0.3) is 0 Å². The highest BCUT2D eigenvalue weighted by Gasteiger charge is 2.29. The van der Waals surface area contributed by atoms with E-state index in [9.17, 15) is 9.18 Å². The minimum atomic E-state index is -0.369. The Hall–Kier alpha value is -1.26. The van der Waals surface area contributed by atoms with E-state index in [-0.39, 0.29) is 30.2 Å². The van der Waals surface area contributed by atoms with Gasteiger partial charge < -0.3 is 10.5 Å². The van der Waals surface area contributed by atoms with Crippen LogP contribution in [0.2, 0.25) is 0 Å². The lowest BCUT2D eigenvalue weighted by Gasteiger charge is -2.11. The predicted octanol–water partition coefficient (Wildman–Crippen LogP) is 1.44. The SMILES string of the molecule is NCC1CCC(C(=O)Cc2cccc(F)c2)O1. The first-order valence-corrected chi connectivity index (χ1v) is 5.81. The molecule has 0 bridgehead atoms. The van der Waals surface area contributed by atoms with Crippen LogP contribution in [0.1, 0.15) is 18.4 Å². The summed E-state index contributed by atoms with van der Waals surface area (Å²) in [6.45, 7) is 0.448. The molecule has 1 saturated heterocycles. The van der Waals surface area contributed by atoms with Crippen molar-refractivity contribution in [3.05, 3.63) is 35.6 Å². The molecule has 1 aliphatic rings. The third-order valence-electron chi connectivity index (χ3n) is 3.00. The van der Waals surface area contributed by atoms with Crippen LogP contribution in [0.4, 0.5) is 4.39 Å². The lowest BCUT2D eigenvalue weighted by atomic mass is 10.0. The highest BCUT2D eigenvalue weighted by molar-refractivity contribution is 5.85. The molecule has 0 spiro atoms. The number of rotatable bonds is 4. The molecule has 2 rings (SSSR count). The van der Waals surface area contributed by atoms with Crippen molar-refractivity contribution in [2.75, 3.05) is 6.54 Å². The van der Waals surface area contributed by atoms with Gasteiger partial charge in [-0.3, -0.25) is 4.79 Å². The third kappa shape index (κ3) is 3.11. The van der Waals surface area contributed by atoms with Gasteiger partial charge in [-0.1, -0.05) is 12.1 Å². The first kappa shape index (κ1) is 12.2.